The van der Waals surface area contributed by atoms with Crippen molar-refractivity contribution in [3.8, 4) is 5.75 Å². The van der Waals surface area contributed by atoms with E-state index in [2.05, 4.69) is 30.4 Å². The molecule has 0 amide bonds. The summed E-state index contributed by atoms with van der Waals surface area (Å²) >= 11 is 6.42. The van der Waals surface area contributed by atoms with Crippen molar-refractivity contribution in [1.82, 2.24) is 19.8 Å². The summed E-state index contributed by atoms with van der Waals surface area (Å²) in [5, 5.41) is 7.47. The highest BCUT2D eigenvalue weighted by Crippen LogP contribution is 2.39. The van der Waals surface area contributed by atoms with Gasteiger partial charge in [-0.3, -0.25) is 4.90 Å². The number of piperazine rings is 1. The van der Waals surface area contributed by atoms with Gasteiger partial charge in [0.2, 0.25) is 5.95 Å². The Morgan fingerprint density at radius 3 is 2.50 bits per heavy atom. The van der Waals surface area contributed by atoms with E-state index in [0.29, 0.717) is 91.3 Å². The highest BCUT2D eigenvalue weighted by molar-refractivity contribution is 7.70. The molecule has 0 aliphatic carbocycles. The normalized spacial score (nSPS) is 20.1. The molecule has 3 heterocycles. The molecule has 0 unspecified atom stereocenters. The Hall–Kier alpha value is -2.84. The molecule has 2 aliphatic heterocycles. The number of methoxy groups -OCH3 is 1. The summed E-state index contributed by atoms with van der Waals surface area (Å²) in [6.07, 6.45) is 2.82. The number of hydrogen-bond acceptors (Lipinski definition) is 9. The summed E-state index contributed by atoms with van der Waals surface area (Å²) in [6, 6.07) is 12.6. The molecule has 2 N–H and O–H groups in total. The van der Waals surface area contributed by atoms with Crippen LogP contribution in [0.3, 0.4) is 0 Å². The van der Waals surface area contributed by atoms with E-state index in [9.17, 15) is 4.57 Å². The lowest BCUT2D eigenvalue weighted by molar-refractivity contribution is 0.0982. The van der Waals surface area contributed by atoms with Gasteiger partial charge in [-0.25, -0.2) is 4.98 Å². The van der Waals surface area contributed by atoms with Gasteiger partial charge in [-0.05, 0) is 57.4 Å². The number of piperidine rings is 1. The summed E-state index contributed by atoms with van der Waals surface area (Å²) in [5.41, 5.74) is 2.34. The molecule has 2 saturated heterocycles. The molecule has 0 spiro atoms. The zero-order valence-electron chi connectivity index (χ0n) is 27.2. The number of likely N-dealkylation sites (N-methyl/N-ethyl adjacent to an activating group) is 1. The maximum atomic E-state index is 12.8. The van der Waals surface area contributed by atoms with Crippen LogP contribution in [0.5, 0.6) is 5.75 Å². The van der Waals surface area contributed by atoms with Crippen LogP contribution in [-0.4, -0.2) is 92.5 Å². The van der Waals surface area contributed by atoms with Crippen LogP contribution in [0.4, 0.5) is 28.8 Å². The van der Waals surface area contributed by atoms with Crippen molar-refractivity contribution in [2.75, 3.05) is 82.2 Å². The Balaban J connectivity index is 1.25. The second-order valence-electron chi connectivity index (χ2n) is 10.4. The molecule has 40 heavy (non-hydrogen) atoms. The number of aromatic nitrogens is 2. The van der Waals surface area contributed by atoms with Crippen LogP contribution in [-0.2, 0) is 4.57 Å². The van der Waals surface area contributed by atoms with E-state index in [4.69, 9.17) is 21.8 Å². The van der Waals surface area contributed by atoms with Crippen LogP contribution < -0.4 is 25.6 Å². The number of anilines is 5. The SMILES string of the molecule is [2H]C([2H])([2H])N1CCN(C2([2H])CCN(c3ccc(Nc4ncc(Cl)c(Nc5ccccc5P(C)(C)=O)n4)c(OC)c3)CC2)CC1. The molecule has 214 valence electrons. The molecule has 1 aromatic heterocycles. The van der Waals surface area contributed by atoms with E-state index >= 15 is 0 Å². The monoisotopic (exact) mass is 587 g/mol. The number of hydrogen-bond donors (Lipinski definition) is 2. The highest BCUT2D eigenvalue weighted by atomic mass is 35.5. The summed E-state index contributed by atoms with van der Waals surface area (Å²) in [5.74, 6) is 1.31. The third kappa shape index (κ3) is 6.72. The molecular weight excluding hydrogens is 545 g/mol. The molecule has 9 nitrogen and oxygen atoms in total. The zero-order valence-corrected chi connectivity index (χ0v) is 24.8. The van der Waals surface area contributed by atoms with Gasteiger partial charge in [0, 0.05) is 67.8 Å². The largest absolute Gasteiger partial charge is 0.494 e. The van der Waals surface area contributed by atoms with Crippen molar-refractivity contribution in [3.05, 3.63) is 53.7 Å². The van der Waals surface area contributed by atoms with Gasteiger partial charge < -0.3 is 29.7 Å². The smallest absolute Gasteiger partial charge is 0.229 e. The Morgan fingerprint density at radius 2 is 1.80 bits per heavy atom. The van der Waals surface area contributed by atoms with Gasteiger partial charge in [0.05, 0.1) is 24.7 Å². The lowest BCUT2D eigenvalue weighted by Crippen LogP contribution is -2.52. The molecule has 3 aromatic rings. The molecule has 5 rings (SSSR count). The summed E-state index contributed by atoms with van der Waals surface area (Å²) in [6.45, 7) is 4.86. The third-order valence-electron chi connectivity index (χ3n) is 7.35. The zero-order chi connectivity index (χ0) is 31.7. The first-order valence-electron chi connectivity index (χ1n) is 15.4. The van der Waals surface area contributed by atoms with Crippen molar-refractivity contribution in [2.24, 2.45) is 0 Å². The van der Waals surface area contributed by atoms with E-state index in [1.54, 1.807) is 20.4 Å². The Labute approximate surface area is 247 Å². The summed E-state index contributed by atoms with van der Waals surface area (Å²) in [4.78, 5) is 14.8. The van der Waals surface area contributed by atoms with Crippen LogP contribution in [0.1, 0.15) is 18.3 Å². The summed E-state index contributed by atoms with van der Waals surface area (Å²) < 4.78 is 50.6. The van der Waals surface area contributed by atoms with Crippen molar-refractivity contribution < 1.29 is 14.8 Å². The van der Waals surface area contributed by atoms with Gasteiger partial charge in [-0.1, -0.05) is 23.7 Å². The molecule has 11 heteroatoms. The second kappa shape index (κ2) is 12.4. The maximum absolute atomic E-state index is 12.8. The van der Waals surface area contributed by atoms with Gasteiger partial charge in [0.15, 0.2) is 5.82 Å². The van der Waals surface area contributed by atoms with E-state index < -0.39 is 20.1 Å². The lowest BCUT2D eigenvalue weighted by Gasteiger charge is -2.42. The molecule has 2 aliphatic rings. The molecule has 0 atom stereocenters. The number of benzene rings is 2. The van der Waals surface area contributed by atoms with Crippen LogP contribution in [0.2, 0.25) is 5.02 Å². The number of nitrogens with zero attached hydrogens (tertiary/aromatic N) is 5. The van der Waals surface area contributed by atoms with Crippen molar-refractivity contribution >= 4 is 52.9 Å². The molecular formula is C29H39ClN7O2P. The first-order chi connectivity index (χ1) is 20.8. The van der Waals surface area contributed by atoms with Gasteiger partial charge in [-0.2, -0.15) is 4.98 Å². The Morgan fingerprint density at radius 1 is 1.05 bits per heavy atom. The first kappa shape index (κ1) is 23.8. The predicted molar refractivity (Wildman–Crippen MR) is 166 cm³/mol. The number of para-hydroxylation sites is 1. The maximum Gasteiger partial charge on any atom is 0.229 e. The highest BCUT2D eigenvalue weighted by Gasteiger charge is 2.27. The number of halogens is 1. The van der Waals surface area contributed by atoms with Gasteiger partial charge in [0.1, 0.15) is 17.9 Å². The Bertz CT molecular complexity index is 1520. The fraction of sp³-hybridized carbons (Fsp3) is 0.448. The van der Waals surface area contributed by atoms with Crippen LogP contribution >= 0.6 is 18.7 Å². The van der Waals surface area contributed by atoms with Crippen LogP contribution in [0, 0.1) is 0 Å². The number of nitrogens with one attached hydrogen (secondary N) is 2. The first-order valence-corrected chi connectivity index (χ1v) is 16.4. The minimum absolute atomic E-state index is 0.312. The average Bonchev–Trinajstić information content (AvgIpc) is 2.99. The number of ether oxygens (including phenoxy) is 1. The van der Waals surface area contributed by atoms with E-state index in [1.807, 2.05) is 42.5 Å². The average molecular weight is 588 g/mol. The lowest BCUT2D eigenvalue weighted by atomic mass is 10.0. The van der Waals surface area contributed by atoms with Crippen molar-refractivity contribution in [1.29, 1.82) is 0 Å². The molecule has 0 bridgehead atoms. The van der Waals surface area contributed by atoms with Gasteiger partial charge in [0.25, 0.3) is 0 Å². The molecule has 2 fully saturated rings. The van der Waals surface area contributed by atoms with Crippen molar-refractivity contribution in [3.63, 3.8) is 0 Å². The van der Waals surface area contributed by atoms with Crippen LogP contribution in [0.15, 0.2) is 48.7 Å². The quantitative estimate of drug-likeness (QED) is 0.350. The second-order valence-corrected chi connectivity index (χ2v) is 14.0. The fourth-order valence-corrected chi connectivity index (χ4v) is 6.45. The predicted octanol–water partition coefficient (Wildman–Crippen LogP) is 5.09. The summed E-state index contributed by atoms with van der Waals surface area (Å²) in [7, 11) is -0.937. The minimum Gasteiger partial charge on any atom is -0.494 e. The van der Waals surface area contributed by atoms with Gasteiger partial charge in [-0.15, -0.1) is 0 Å². The van der Waals surface area contributed by atoms with E-state index in [-0.39, 0.29) is 0 Å². The third-order valence-corrected chi connectivity index (χ3v) is 9.17. The topological polar surface area (TPSA) is 85.9 Å². The number of rotatable bonds is 8. The van der Waals surface area contributed by atoms with E-state index in [0.717, 1.165) is 5.69 Å². The minimum atomic E-state index is -2.54. The molecule has 2 aromatic carbocycles. The van der Waals surface area contributed by atoms with E-state index in [1.165, 1.54) is 11.1 Å². The molecule has 0 radical (unpaired) electrons. The standard InChI is InChI=1S/C29H39ClN7O2P/c1-35-15-17-37(18-16-35)21-11-13-36(14-12-21)22-9-10-24(26(19-22)39-2)33-29-31-20-23(30)28(34-29)32-25-7-5-6-8-27(25)40(3,4)38/h5-10,19-21H,11-18H2,1-4H3,(H2,31,32,33,34)/i1D3,21D. The fourth-order valence-electron chi connectivity index (χ4n) is 5.15. The van der Waals surface area contributed by atoms with Crippen LogP contribution in [0.25, 0.3) is 0 Å². The van der Waals surface area contributed by atoms with Crippen molar-refractivity contribution in [2.45, 2.75) is 18.9 Å². The molecule has 0 saturated carbocycles. The Kier molecular flexibility index (Phi) is 7.36. The van der Waals surface area contributed by atoms with Gasteiger partial charge >= 0.3 is 0 Å².